The first-order valence-electron chi connectivity index (χ1n) is 12.6. The van der Waals surface area contributed by atoms with Crippen molar-refractivity contribution in [3.63, 3.8) is 0 Å². The summed E-state index contributed by atoms with van der Waals surface area (Å²) in [6, 6.07) is 17.6. The molecule has 0 saturated carbocycles. The molecule has 0 radical (unpaired) electrons. The maximum absolute atomic E-state index is 12.6. The van der Waals surface area contributed by atoms with Crippen LogP contribution in [0.4, 0.5) is 5.69 Å². The highest BCUT2D eigenvalue weighted by molar-refractivity contribution is 7.87. The molecule has 0 bridgehead atoms. The molecule has 3 aromatic rings. The Labute approximate surface area is 255 Å². The molecule has 16 heteroatoms. The molecule has 5 N–H and O–H groups in total. The van der Waals surface area contributed by atoms with Gasteiger partial charge < -0.3 is 25.1 Å². The number of hydrogen-bond acceptors (Lipinski definition) is 12. The number of methoxy groups -OCH3 is 1. The zero-order valence-electron chi connectivity index (χ0n) is 23.8. The summed E-state index contributed by atoms with van der Waals surface area (Å²) in [7, 11) is -6.14. The SMILES string of the molecule is CCS(=O)(=O)O.COc1ccc(OS(=O)(=O)c2ccc(COc3ccc(N4C(N)=NC(N)=NC4(C)C)cc3Cl)cc2)cc1. The molecule has 0 atom stereocenters. The van der Waals surface area contributed by atoms with Crippen LogP contribution in [0.1, 0.15) is 26.3 Å². The third-order valence-electron chi connectivity index (χ3n) is 5.80. The van der Waals surface area contributed by atoms with E-state index in [2.05, 4.69) is 9.98 Å². The predicted molar refractivity (Wildman–Crippen MR) is 165 cm³/mol. The molecule has 1 aliphatic rings. The van der Waals surface area contributed by atoms with E-state index in [-0.39, 0.29) is 34.9 Å². The molecule has 0 saturated heterocycles. The summed E-state index contributed by atoms with van der Waals surface area (Å²) in [4.78, 5) is 10.1. The Bertz CT molecular complexity index is 1710. The smallest absolute Gasteiger partial charge is 0.339 e. The third-order valence-corrected chi connectivity index (χ3v) is 8.09. The van der Waals surface area contributed by atoms with Gasteiger partial charge in [-0.25, -0.2) is 4.99 Å². The number of aliphatic imine (C=N–C) groups is 2. The van der Waals surface area contributed by atoms with Gasteiger partial charge in [-0.15, -0.1) is 0 Å². The predicted octanol–water partition coefficient (Wildman–Crippen LogP) is 3.77. The van der Waals surface area contributed by atoms with Crippen LogP contribution in [0.25, 0.3) is 0 Å². The second-order valence-electron chi connectivity index (χ2n) is 9.40. The van der Waals surface area contributed by atoms with Crippen LogP contribution in [0.3, 0.4) is 0 Å². The Morgan fingerprint density at radius 3 is 2.05 bits per heavy atom. The van der Waals surface area contributed by atoms with Crippen LogP contribution < -0.4 is 30.0 Å². The van der Waals surface area contributed by atoms with Crippen LogP contribution in [0.2, 0.25) is 5.02 Å². The molecular weight excluding hydrogens is 622 g/mol. The van der Waals surface area contributed by atoms with Crippen LogP contribution in [0.5, 0.6) is 17.2 Å². The van der Waals surface area contributed by atoms with Gasteiger partial charge in [0.05, 0.1) is 17.9 Å². The largest absolute Gasteiger partial charge is 0.497 e. The number of guanidine groups is 2. The van der Waals surface area contributed by atoms with Gasteiger partial charge in [0.25, 0.3) is 10.1 Å². The van der Waals surface area contributed by atoms with Crippen molar-refractivity contribution in [3.8, 4) is 17.2 Å². The Hall–Kier alpha value is -4.05. The van der Waals surface area contributed by atoms with Crippen molar-refractivity contribution in [1.82, 2.24) is 0 Å². The van der Waals surface area contributed by atoms with Gasteiger partial charge in [0.2, 0.25) is 11.9 Å². The van der Waals surface area contributed by atoms with Crippen LogP contribution >= 0.6 is 11.6 Å². The van der Waals surface area contributed by atoms with Crippen LogP contribution in [-0.4, -0.2) is 51.8 Å². The molecular formula is C27H32ClN5O8S2. The number of ether oxygens (including phenoxy) is 2. The zero-order valence-corrected chi connectivity index (χ0v) is 26.1. The lowest BCUT2D eigenvalue weighted by molar-refractivity contribution is 0.306. The Morgan fingerprint density at radius 2 is 1.53 bits per heavy atom. The second kappa shape index (κ2) is 13.5. The fraction of sp³-hybridized carbons (Fsp3) is 0.259. The van der Waals surface area contributed by atoms with E-state index in [1.165, 1.54) is 38.3 Å². The number of nitrogens with two attached hydrogens (primary N) is 2. The minimum Gasteiger partial charge on any atom is -0.497 e. The van der Waals surface area contributed by atoms with Gasteiger partial charge in [-0.05, 0) is 80.9 Å². The molecule has 0 amide bonds. The van der Waals surface area contributed by atoms with E-state index in [0.717, 1.165) is 5.56 Å². The lowest BCUT2D eigenvalue weighted by Gasteiger charge is -2.38. The molecule has 232 valence electrons. The summed E-state index contributed by atoms with van der Waals surface area (Å²) in [5, 5.41) is 0.357. The number of hydrogen-bond donors (Lipinski definition) is 3. The summed E-state index contributed by atoms with van der Waals surface area (Å²) in [5.41, 5.74) is 12.5. The highest BCUT2D eigenvalue weighted by Gasteiger charge is 2.33. The minimum absolute atomic E-state index is 0.0150. The molecule has 1 aliphatic heterocycles. The summed E-state index contributed by atoms with van der Waals surface area (Å²) in [6.45, 7) is 5.24. The van der Waals surface area contributed by atoms with Gasteiger partial charge in [0, 0.05) is 5.69 Å². The van der Waals surface area contributed by atoms with Crippen molar-refractivity contribution in [2.24, 2.45) is 21.5 Å². The molecule has 13 nitrogen and oxygen atoms in total. The molecule has 4 rings (SSSR count). The Balaban J connectivity index is 0.000000765. The zero-order chi connectivity index (χ0) is 32.0. The molecule has 0 spiro atoms. The van der Waals surface area contributed by atoms with Crippen LogP contribution in [0, 0.1) is 0 Å². The molecule has 3 aromatic carbocycles. The number of rotatable bonds is 9. The van der Waals surface area contributed by atoms with E-state index in [1.807, 2.05) is 13.8 Å². The quantitative estimate of drug-likeness (QED) is 0.224. The average Bonchev–Trinajstić information content (AvgIpc) is 2.92. The first-order chi connectivity index (χ1) is 20.0. The van der Waals surface area contributed by atoms with Crippen molar-refractivity contribution < 1.29 is 35.0 Å². The molecule has 0 fully saturated rings. The van der Waals surface area contributed by atoms with Gasteiger partial charge in [-0.3, -0.25) is 9.45 Å². The van der Waals surface area contributed by atoms with E-state index in [9.17, 15) is 16.8 Å². The Morgan fingerprint density at radius 1 is 0.953 bits per heavy atom. The molecule has 0 unspecified atom stereocenters. The lowest BCUT2D eigenvalue weighted by atomic mass is 10.1. The highest BCUT2D eigenvalue weighted by Crippen LogP contribution is 2.34. The Kier molecular flexibility index (Phi) is 10.5. The monoisotopic (exact) mass is 653 g/mol. The molecule has 43 heavy (non-hydrogen) atoms. The van der Waals surface area contributed by atoms with E-state index in [0.29, 0.717) is 22.2 Å². The highest BCUT2D eigenvalue weighted by atomic mass is 35.5. The summed E-state index contributed by atoms with van der Waals surface area (Å²) < 4.78 is 68.2. The van der Waals surface area contributed by atoms with Gasteiger partial charge in [0.15, 0.2) is 0 Å². The van der Waals surface area contributed by atoms with Crippen molar-refractivity contribution >= 4 is 49.4 Å². The molecule has 0 aliphatic carbocycles. The first kappa shape index (κ1) is 33.5. The molecule has 1 heterocycles. The van der Waals surface area contributed by atoms with Crippen LogP contribution in [0.15, 0.2) is 81.6 Å². The molecule has 0 aromatic heterocycles. The number of nitrogens with zero attached hydrogens (tertiary/aromatic N) is 3. The van der Waals surface area contributed by atoms with Gasteiger partial charge in [-0.2, -0.15) is 21.8 Å². The standard InChI is InChI=1S/C25H26ClN5O5S.C2H6O3S/c1-25(2)30-23(27)29-24(28)31(25)17-6-13-22(21(26)14-17)35-15-16-4-11-20(12-5-16)37(32,33)36-19-9-7-18(34-3)8-10-19;1-2-6(3,4)5/h4-14H,15H2,1-3H3,(H4,27,28,29,30);2H2,1H3,(H,3,4,5). The van der Waals surface area contributed by atoms with Crippen LogP contribution in [-0.2, 0) is 26.8 Å². The number of benzene rings is 3. The maximum atomic E-state index is 12.6. The third kappa shape index (κ3) is 9.22. The topological polar surface area (TPSA) is 196 Å². The average molecular weight is 654 g/mol. The summed E-state index contributed by atoms with van der Waals surface area (Å²) in [5.74, 6) is 1.33. The van der Waals surface area contributed by atoms with Gasteiger partial charge in [-0.1, -0.05) is 23.7 Å². The van der Waals surface area contributed by atoms with E-state index < -0.39 is 25.9 Å². The summed E-state index contributed by atoms with van der Waals surface area (Å²) in [6.07, 6.45) is 0. The fourth-order valence-corrected chi connectivity index (χ4v) is 4.88. The van der Waals surface area contributed by atoms with Crippen molar-refractivity contribution in [2.45, 2.75) is 37.9 Å². The first-order valence-corrected chi connectivity index (χ1v) is 16.0. The number of halogens is 1. The summed E-state index contributed by atoms with van der Waals surface area (Å²) >= 11 is 6.47. The fourth-order valence-electron chi connectivity index (χ4n) is 3.72. The minimum atomic E-state index is -4.00. The van der Waals surface area contributed by atoms with Crippen molar-refractivity contribution in [1.29, 1.82) is 0 Å². The van der Waals surface area contributed by atoms with Gasteiger partial charge >= 0.3 is 10.1 Å². The second-order valence-corrected chi connectivity index (χ2v) is 13.1. The van der Waals surface area contributed by atoms with Crippen molar-refractivity contribution in [2.75, 3.05) is 17.8 Å². The maximum Gasteiger partial charge on any atom is 0.339 e. The lowest BCUT2D eigenvalue weighted by Crippen LogP contribution is -2.54. The van der Waals surface area contributed by atoms with E-state index in [1.54, 1.807) is 47.4 Å². The normalized spacial score (nSPS) is 14.5. The van der Waals surface area contributed by atoms with E-state index in [4.69, 9.17) is 41.3 Å². The number of anilines is 1. The van der Waals surface area contributed by atoms with E-state index >= 15 is 0 Å². The van der Waals surface area contributed by atoms with Gasteiger partial charge in [0.1, 0.15) is 34.4 Å². The van der Waals surface area contributed by atoms with Crippen molar-refractivity contribution in [3.05, 3.63) is 77.3 Å².